The monoisotopic (exact) mass is 305 g/mol. The average Bonchev–Trinajstić information content (AvgIpc) is 2.99. The van der Waals surface area contributed by atoms with Crippen molar-refractivity contribution in [3.8, 4) is 0 Å². The van der Waals surface area contributed by atoms with E-state index in [0.29, 0.717) is 29.7 Å². The number of aromatic nitrogens is 3. The molecular formula is C14H12ClN3OS. The van der Waals surface area contributed by atoms with Crippen LogP contribution in [-0.2, 0) is 18.8 Å². The van der Waals surface area contributed by atoms with E-state index in [0.717, 1.165) is 5.69 Å². The summed E-state index contributed by atoms with van der Waals surface area (Å²) in [6.45, 7) is 0.544. The van der Waals surface area contributed by atoms with E-state index in [1.807, 2.05) is 23.6 Å². The fourth-order valence-corrected chi connectivity index (χ4v) is 2.93. The van der Waals surface area contributed by atoms with Gasteiger partial charge in [-0.3, -0.25) is 9.36 Å². The number of rotatable bonds is 4. The van der Waals surface area contributed by atoms with E-state index < -0.39 is 0 Å². The van der Waals surface area contributed by atoms with E-state index >= 15 is 0 Å². The first-order valence-electron chi connectivity index (χ1n) is 6.21. The Kier molecular flexibility index (Phi) is 3.80. The third kappa shape index (κ3) is 2.46. The van der Waals surface area contributed by atoms with Gasteiger partial charge in [0.2, 0.25) is 0 Å². The van der Waals surface area contributed by atoms with E-state index in [1.54, 1.807) is 27.5 Å². The van der Waals surface area contributed by atoms with E-state index in [9.17, 15) is 4.79 Å². The molecule has 0 aliphatic heterocycles. The second kappa shape index (κ2) is 5.73. The van der Waals surface area contributed by atoms with Crippen LogP contribution >= 0.6 is 22.9 Å². The number of aryl methyl sites for hydroxylation is 1. The van der Waals surface area contributed by atoms with Crippen molar-refractivity contribution in [1.82, 2.24) is 14.5 Å². The molecule has 3 rings (SSSR count). The molecule has 0 spiro atoms. The van der Waals surface area contributed by atoms with E-state index in [2.05, 4.69) is 9.97 Å². The van der Waals surface area contributed by atoms with Gasteiger partial charge in [-0.1, -0.05) is 12.1 Å². The number of alkyl halides is 1. The Morgan fingerprint density at radius 1 is 1.30 bits per heavy atom. The highest BCUT2D eigenvalue weighted by atomic mass is 35.5. The number of hydrogen-bond donors (Lipinski definition) is 0. The molecule has 0 N–H and O–H groups in total. The molecule has 0 aliphatic rings. The quantitative estimate of drug-likeness (QED) is 0.696. The minimum absolute atomic E-state index is 0.0403. The van der Waals surface area contributed by atoms with Gasteiger partial charge in [0.05, 0.1) is 28.0 Å². The van der Waals surface area contributed by atoms with Gasteiger partial charge in [0.1, 0.15) is 5.82 Å². The smallest absolute Gasteiger partial charge is 0.261 e. The maximum atomic E-state index is 12.5. The molecule has 1 aromatic carbocycles. The standard InChI is InChI=1S/C14H12ClN3OS/c15-7-13-17-12-4-2-1-3-11(12)14(19)18(13)6-5-10-8-20-9-16-10/h1-4,8-9H,5-7H2. The van der Waals surface area contributed by atoms with Gasteiger partial charge in [-0.05, 0) is 12.1 Å². The van der Waals surface area contributed by atoms with Gasteiger partial charge in [0.25, 0.3) is 5.56 Å². The van der Waals surface area contributed by atoms with Crippen LogP contribution < -0.4 is 5.56 Å². The molecule has 0 bridgehead atoms. The summed E-state index contributed by atoms with van der Waals surface area (Å²) in [6.07, 6.45) is 0.702. The summed E-state index contributed by atoms with van der Waals surface area (Å²) in [5, 5.41) is 2.61. The number of para-hydroxylation sites is 1. The molecule has 2 aromatic heterocycles. The Morgan fingerprint density at radius 3 is 2.90 bits per heavy atom. The number of hydrogen-bond acceptors (Lipinski definition) is 4. The highest BCUT2D eigenvalue weighted by Gasteiger charge is 2.10. The highest BCUT2D eigenvalue weighted by Crippen LogP contribution is 2.10. The molecule has 0 fully saturated rings. The summed E-state index contributed by atoms with van der Waals surface area (Å²) < 4.78 is 1.65. The van der Waals surface area contributed by atoms with Crippen molar-refractivity contribution in [2.45, 2.75) is 18.8 Å². The highest BCUT2D eigenvalue weighted by molar-refractivity contribution is 7.07. The third-order valence-electron chi connectivity index (χ3n) is 3.14. The van der Waals surface area contributed by atoms with Crippen LogP contribution in [0.4, 0.5) is 0 Å². The molecule has 3 aromatic rings. The van der Waals surface area contributed by atoms with Crippen molar-refractivity contribution in [3.63, 3.8) is 0 Å². The SMILES string of the molecule is O=c1c2ccccc2nc(CCl)n1CCc1cscn1. The molecule has 0 saturated carbocycles. The molecule has 0 aliphatic carbocycles. The molecular weight excluding hydrogens is 294 g/mol. The van der Waals surface area contributed by atoms with Gasteiger partial charge in [0, 0.05) is 18.3 Å². The van der Waals surface area contributed by atoms with Gasteiger partial charge in [0.15, 0.2) is 0 Å². The maximum Gasteiger partial charge on any atom is 0.261 e. The Balaban J connectivity index is 2.04. The zero-order valence-corrected chi connectivity index (χ0v) is 12.2. The molecule has 0 saturated heterocycles. The van der Waals surface area contributed by atoms with Gasteiger partial charge >= 0.3 is 0 Å². The van der Waals surface area contributed by atoms with E-state index in [4.69, 9.17) is 11.6 Å². The first-order valence-corrected chi connectivity index (χ1v) is 7.69. The minimum atomic E-state index is -0.0403. The zero-order valence-electron chi connectivity index (χ0n) is 10.6. The van der Waals surface area contributed by atoms with Gasteiger partial charge < -0.3 is 0 Å². The Morgan fingerprint density at radius 2 is 2.15 bits per heavy atom. The fraction of sp³-hybridized carbons (Fsp3) is 0.214. The second-order valence-corrected chi connectivity index (χ2v) is 5.35. The molecule has 20 heavy (non-hydrogen) atoms. The molecule has 102 valence electrons. The third-order valence-corrected chi connectivity index (χ3v) is 4.01. The first-order chi connectivity index (χ1) is 9.79. The molecule has 2 heterocycles. The van der Waals surface area contributed by atoms with Crippen LogP contribution in [0, 0.1) is 0 Å². The van der Waals surface area contributed by atoms with Gasteiger partial charge in [-0.25, -0.2) is 9.97 Å². The Bertz CT molecular complexity index is 783. The van der Waals surface area contributed by atoms with Crippen LogP contribution in [0.5, 0.6) is 0 Å². The largest absolute Gasteiger partial charge is 0.295 e. The van der Waals surface area contributed by atoms with Crippen LogP contribution in [0.3, 0.4) is 0 Å². The van der Waals surface area contributed by atoms with Crippen molar-refractivity contribution in [1.29, 1.82) is 0 Å². The van der Waals surface area contributed by atoms with Crippen LogP contribution in [0.15, 0.2) is 40.0 Å². The van der Waals surface area contributed by atoms with Crippen molar-refractivity contribution < 1.29 is 0 Å². The number of benzene rings is 1. The van der Waals surface area contributed by atoms with Crippen LogP contribution in [0.25, 0.3) is 10.9 Å². The molecule has 6 heteroatoms. The number of fused-ring (bicyclic) bond motifs is 1. The lowest BCUT2D eigenvalue weighted by atomic mass is 10.2. The average molecular weight is 306 g/mol. The van der Waals surface area contributed by atoms with Gasteiger partial charge in [-0.2, -0.15) is 0 Å². The Hall–Kier alpha value is -1.72. The lowest BCUT2D eigenvalue weighted by Crippen LogP contribution is -2.25. The fourth-order valence-electron chi connectivity index (χ4n) is 2.13. The summed E-state index contributed by atoms with van der Waals surface area (Å²) >= 11 is 7.48. The molecule has 0 atom stereocenters. The van der Waals surface area contributed by atoms with E-state index in [1.165, 1.54) is 0 Å². The normalized spacial score (nSPS) is 11.1. The predicted molar refractivity (Wildman–Crippen MR) is 81.4 cm³/mol. The van der Waals surface area contributed by atoms with Crippen molar-refractivity contribution in [2.24, 2.45) is 0 Å². The molecule has 0 radical (unpaired) electrons. The molecule has 4 nitrogen and oxygen atoms in total. The van der Waals surface area contributed by atoms with Crippen molar-refractivity contribution in [3.05, 3.63) is 57.0 Å². The van der Waals surface area contributed by atoms with Crippen LogP contribution in [-0.4, -0.2) is 14.5 Å². The number of nitrogens with zero attached hydrogens (tertiary/aromatic N) is 3. The topological polar surface area (TPSA) is 47.8 Å². The van der Waals surface area contributed by atoms with Crippen LogP contribution in [0.2, 0.25) is 0 Å². The predicted octanol–water partition coefficient (Wildman–Crippen LogP) is 2.83. The lowest BCUT2D eigenvalue weighted by Gasteiger charge is -2.11. The molecule has 0 amide bonds. The number of thiazole rings is 1. The zero-order chi connectivity index (χ0) is 13.9. The van der Waals surface area contributed by atoms with Crippen molar-refractivity contribution >= 4 is 33.8 Å². The number of halogens is 1. The summed E-state index contributed by atoms with van der Waals surface area (Å²) in [5.41, 5.74) is 3.43. The molecule has 0 unspecified atom stereocenters. The van der Waals surface area contributed by atoms with Crippen molar-refractivity contribution in [2.75, 3.05) is 0 Å². The van der Waals surface area contributed by atoms with Crippen LogP contribution in [0.1, 0.15) is 11.5 Å². The summed E-state index contributed by atoms with van der Waals surface area (Å²) in [6, 6.07) is 7.34. The lowest BCUT2D eigenvalue weighted by molar-refractivity contribution is 0.629. The summed E-state index contributed by atoms with van der Waals surface area (Å²) in [4.78, 5) is 21.2. The maximum absolute atomic E-state index is 12.5. The van der Waals surface area contributed by atoms with E-state index in [-0.39, 0.29) is 11.4 Å². The summed E-state index contributed by atoms with van der Waals surface area (Å²) in [7, 11) is 0. The summed E-state index contributed by atoms with van der Waals surface area (Å²) in [5.74, 6) is 0.822. The second-order valence-electron chi connectivity index (χ2n) is 4.37. The minimum Gasteiger partial charge on any atom is -0.295 e. The first kappa shape index (κ1) is 13.3. The van der Waals surface area contributed by atoms with Gasteiger partial charge in [-0.15, -0.1) is 22.9 Å². The Labute approximate surface area is 124 Å².